The Labute approximate surface area is 93.0 Å². The summed E-state index contributed by atoms with van der Waals surface area (Å²) in [6.07, 6.45) is 0. The molecular formula is C11H11ClO3. The van der Waals surface area contributed by atoms with Gasteiger partial charge in [0.15, 0.2) is 0 Å². The summed E-state index contributed by atoms with van der Waals surface area (Å²) < 4.78 is 4.32. The number of alkyl halides is 1. The van der Waals surface area contributed by atoms with Crippen molar-refractivity contribution in [1.29, 1.82) is 0 Å². The van der Waals surface area contributed by atoms with E-state index in [0.717, 1.165) is 12.7 Å². The normalized spacial score (nSPS) is 11.9. The number of hydrogen-bond donors (Lipinski definition) is 0. The number of rotatable bonds is 3. The van der Waals surface area contributed by atoms with E-state index in [0.29, 0.717) is 5.56 Å². The van der Waals surface area contributed by atoms with Crippen molar-refractivity contribution in [3.8, 4) is 0 Å². The van der Waals surface area contributed by atoms with E-state index in [4.69, 9.17) is 11.6 Å². The standard InChI is InChI=1S/C11H11ClO3/c1-7-5-3-4-6-8(7)9(12)10(13)11(14)15-2/h3-6,9H,1-2H3. The minimum atomic E-state index is -0.973. The first-order valence-corrected chi connectivity index (χ1v) is 4.83. The zero-order valence-electron chi connectivity index (χ0n) is 8.49. The van der Waals surface area contributed by atoms with Crippen molar-refractivity contribution in [1.82, 2.24) is 0 Å². The third-order valence-corrected chi connectivity index (χ3v) is 2.51. The molecule has 0 heterocycles. The molecular weight excluding hydrogens is 216 g/mol. The van der Waals surface area contributed by atoms with Crippen LogP contribution in [0.15, 0.2) is 24.3 Å². The van der Waals surface area contributed by atoms with E-state index in [-0.39, 0.29) is 0 Å². The lowest BCUT2D eigenvalue weighted by atomic mass is 10.0. The minimum Gasteiger partial charge on any atom is -0.463 e. The maximum Gasteiger partial charge on any atom is 0.376 e. The molecule has 15 heavy (non-hydrogen) atoms. The predicted molar refractivity (Wildman–Crippen MR) is 56.8 cm³/mol. The number of ether oxygens (including phenoxy) is 1. The maximum absolute atomic E-state index is 11.4. The van der Waals surface area contributed by atoms with E-state index in [1.807, 2.05) is 19.1 Å². The van der Waals surface area contributed by atoms with E-state index in [1.165, 1.54) is 0 Å². The summed E-state index contributed by atoms with van der Waals surface area (Å²) in [5, 5.41) is -0.973. The maximum atomic E-state index is 11.4. The monoisotopic (exact) mass is 226 g/mol. The fourth-order valence-electron chi connectivity index (χ4n) is 1.22. The molecule has 1 aromatic rings. The Kier molecular flexibility index (Phi) is 3.86. The van der Waals surface area contributed by atoms with Crippen LogP contribution in [0.2, 0.25) is 0 Å². The van der Waals surface area contributed by atoms with Gasteiger partial charge in [0.2, 0.25) is 0 Å². The molecule has 1 atom stereocenters. The van der Waals surface area contributed by atoms with Gasteiger partial charge in [-0.1, -0.05) is 24.3 Å². The molecule has 4 heteroatoms. The van der Waals surface area contributed by atoms with Crippen LogP contribution in [0.4, 0.5) is 0 Å². The highest BCUT2D eigenvalue weighted by Crippen LogP contribution is 2.24. The second-order valence-corrected chi connectivity index (χ2v) is 3.51. The third kappa shape index (κ3) is 2.57. The molecule has 80 valence electrons. The van der Waals surface area contributed by atoms with Crippen molar-refractivity contribution in [2.45, 2.75) is 12.3 Å². The third-order valence-electron chi connectivity index (χ3n) is 2.08. The van der Waals surface area contributed by atoms with E-state index < -0.39 is 17.1 Å². The minimum absolute atomic E-state index is 0.634. The molecule has 0 bridgehead atoms. The van der Waals surface area contributed by atoms with Gasteiger partial charge in [0.25, 0.3) is 5.78 Å². The summed E-state index contributed by atoms with van der Waals surface area (Å²) in [5.74, 6) is -1.66. The lowest BCUT2D eigenvalue weighted by Crippen LogP contribution is -2.20. The van der Waals surface area contributed by atoms with Crippen molar-refractivity contribution in [2.75, 3.05) is 7.11 Å². The molecule has 0 N–H and O–H groups in total. The van der Waals surface area contributed by atoms with Crippen molar-refractivity contribution in [3.63, 3.8) is 0 Å². The van der Waals surface area contributed by atoms with Crippen molar-refractivity contribution in [3.05, 3.63) is 35.4 Å². The molecule has 0 amide bonds. The van der Waals surface area contributed by atoms with Crippen LogP contribution in [0.25, 0.3) is 0 Å². The molecule has 0 radical (unpaired) electrons. The summed E-state index contributed by atoms with van der Waals surface area (Å²) in [4.78, 5) is 22.4. The zero-order chi connectivity index (χ0) is 11.4. The summed E-state index contributed by atoms with van der Waals surface area (Å²) in [6.45, 7) is 1.83. The summed E-state index contributed by atoms with van der Waals surface area (Å²) in [7, 11) is 1.15. The number of hydrogen-bond acceptors (Lipinski definition) is 3. The van der Waals surface area contributed by atoms with Gasteiger partial charge in [-0.3, -0.25) is 4.79 Å². The number of ketones is 1. The fourth-order valence-corrected chi connectivity index (χ4v) is 1.55. The number of carbonyl (C=O) groups excluding carboxylic acids is 2. The number of aryl methyl sites for hydroxylation is 1. The molecule has 1 aromatic carbocycles. The molecule has 0 aliphatic carbocycles. The number of benzene rings is 1. The first kappa shape index (κ1) is 11.7. The van der Waals surface area contributed by atoms with Crippen molar-refractivity contribution < 1.29 is 14.3 Å². The topological polar surface area (TPSA) is 43.4 Å². The van der Waals surface area contributed by atoms with Crippen LogP contribution in [0.5, 0.6) is 0 Å². The van der Waals surface area contributed by atoms with Gasteiger partial charge in [0.05, 0.1) is 7.11 Å². The van der Waals surface area contributed by atoms with Crippen LogP contribution in [0.1, 0.15) is 16.5 Å². The van der Waals surface area contributed by atoms with Gasteiger partial charge in [-0.05, 0) is 18.1 Å². The number of Topliss-reactive ketones (excluding diaryl/α,β-unsaturated/α-hetero) is 1. The molecule has 0 fully saturated rings. The van der Waals surface area contributed by atoms with Crippen LogP contribution < -0.4 is 0 Å². The zero-order valence-corrected chi connectivity index (χ0v) is 9.25. The summed E-state index contributed by atoms with van der Waals surface area (Å²) in [5.41, 5.74) is 1.50. The van der Waals surface area contributed by atoms with E-state index in [9.17, 15) is 9.59 Å². The largest absolute Gasteiger partial charge is 0.463 e. The number of halogens is 1. The lowest BCUT2D eigenvalue weighted by Gasteiger charge is -2.09. The SMILES string of the molecule is COC(=O)C(=O)C(Cl)c1ccccc1C. The van der Waals surface area contributed by atoms with Crippen LogP contribution in [0, 0.1) is 6.92 Å². The average Bonchev–Trinajstić information content (AvgIpc) is 2.26. The summed E-state index contributed by atoms with van der Waals surface area (Å²) in [6, 6.07) is 7.15. The van der Waals surface area contributed by atoms with Crippen LogP contribution in [0.3, 0.4) is 0 Å². The highest BCUT2D eigenvalue weighted by Gasteiger charge is 2.26. The molecule has 3 nitrogen and oxygen atoms in total. The van der Waals surface area contributed by atoms with Crippen molar-refractivity contribution >= 4 is 23.4 Å². The van der Waals surface area contributed by atoms with E-state index in [2.05, 4.69) is 4.74 Å². The Hall–Kier alpha value is -1.35. The van der Waals surface area contributed by atoms with Gasteiger partial charge >= 0.3 is 5.97 Å². The number of esters is 1. The number of carbonyl (C=O) groups is 2. The molecule has 1 unspecified atom stereocenters. The van der Waals surface area contributed by atoms with Crippen molar-refractivity contribution in [2.24, 2.45) is 0 Å². The first-order valence-electron chi connectivity index (χ1n) is 4.39. The van der Waals surface area contributed by atoms with Gasteiger partial charge in [-0.2, -0.15) is 0 Å². The predicted octanol–water partition coefficient (Wildman–Crippen LogP) is 2.02. The van der Waals surface area contributed by atoms with Crippen LogP contribution in [-0.2, 0) is 14.3 Å². The second-order valence-electron chi connectivity index (χ2n) is 3.07. The Morgan fingerprint density at radius 1 is 1.33 bits per heavy atom. The van der Waals surface area contributed by atoms with Gasteiger partial charge in [0, 0.05) is 0 Å². The van der Waals surface area contributed by atoms with Crippen LogP contribution in [-0.4, -0.2) is 18.9 Å². The smallest absolute Gasteiger partial charge is 0.376 e. The first-order chi connectivity index (χ1) is 7.07. The second kappa shape index (κ2) is 4.94. The molecule has 0 spiro atoms. The molecule has 1 rings (SSSR count). The van der Waals surface area contributed by atoms with Gasteiger partial charge in [-0.15, -0.1) is 11.6 Å². The quantitative estimate of drug-likeness (QED) is 0.450. The molecule has 0 saturated heterocycles. The average molecular weight is 227 g/mol. The fraction of sp³-hybridized carbons (Fsp3) is 0.273. The molecule has 0 aliphatic rings. The van der Waals surface area contributed by atoms with Crippen LogP contribution >= 0.6 is 11.6 Å². The van der Waals surface area contributed by atoms with Gasteiger partial charge in [0.1, 0.15) is 5.38 Å². The molecule has 0 saturated carbocycles. The van der Waals surface area contributed by atoms with E-state index in [1.54, 1.807) is 12.1 Å². The number of methoxy groups -OCH3 is 1. The Balaban J connectivity index is 2.95. The van der Waals surface area contributed by atoms with E-state index >= 15 is 0 Å². The Bertz CT molecular complexity index is 387. The highest BCUT2D eigenvalue weighted by molar-refractivity contribution is 6.47. The lowest BCUT2D eigenvalue weighted by molar-refractivity contribution is -0.151. The summed E-state index contributed by atoms with van der Waals surface area (Å²) >= 11 is 5.89. The Morgan fingerprint density at radius 3 is 2.47 bits per heavy atom. The molecule has 0 aromatic heterocycles. The molecule has 0 aliphatic heterocycles. The Morgan fingerprint density at radius 2 is 1.93 bits per heavy atom. The van der Waals surface area contributed by atoms with Gasteiger partial charge in [-0.25, -0.2) is 4.79 Å². The van der Waals surface area contributed by atoms with Gasteiger partial charge < -0.3 is 4.74 Å². The highest BCUT2D eigenvalue weighted by atomic mass is 35.5.